The van der Waals surface area contributed by atoms with Crippen molar-refractivity contribution in [2.45, 2.75) is 4.90 Å². The molecule has 6 heteroatoms. The fourth-order valence-corrected chi connectivity index (χ4v) is 2.78. The lowest BCUT2D eigenvalue weighted by atomic mass is 10.4. The molecule has 0 unspecified atom stereocenters. The quantitative estimate of drug-likeness (QED) is 0.895. The number of hydrogen-bond acceptors (Lipinski definition) is 3. The third-order valence-corrected chi connectivity index (χ3v) is 3.99. The minimum absolute atomic E-state index is 0.0410. The fourth-order valence-electron chi connectivity index (χ4n) is 0.946. The van der Waals surface area contributed by atoms with E-state index >= 15 is 0 Å². The summed E-state index contributed by atoms with van der Waals surface area (Å²) in [5.41, 5.74) is 0. The lowest BCUT2D eigenvalue weighted by Crippen LogP contribution is -2.10. The first-order chi connectivity index (χ1) is 6.47. The van der Waals surface area contributed by atoms with Gasteiger partial charge in [0.05, 0.1) is 22.3 Å². The first-order valence-corrected chi connectivity index (χ1v) is 6.17. The highest BCUT2D eigenvalue weighted by molar-refractivity contribution is 7.91. The summed E-state index contributed by atoms with van der Waals surface area (Å²) >= 11 is 11.3. The average Bonchev–Trinajstić information content (AvgIpc) is 2.09. The summed E-state index contributed by atoms with van der Waals surface area (Å²) in [7, 11) is -3.53. The molecular formula is C8H8Cl2O3S. The monoisotopic (exact) mass is 254 g/mol. The Labute approximate surface area is 92.2 Å². The molecule has 0 saturated carbocycles. The fraction of sp³-hybridized carbons (Fsp3) is 0.250. The van der Waals surface area contributed by atoms with E-state index < -0.39 is 16.4 Å². The molecule has 0 amide bonds. The average molecular weight is 255 g/mol. The minimum Gasteiger partial charge on any atom is -0.395 e. The molecule has 0 heterocycles. The molecule has 78 valence electrons. The molecule has 0 aliphatic carbocycles. The molecule has 0 bridgehead atoms. The number of rotatable bonds is 3. The van der Waals surface area contributed by atoms with Gasteiger partial charge in [0.2, 0.25) is 0 Å². The van der Waals surface area contributed by atoms with Crippen molar-refractivity contribution in [3.05, 3.63) is 28.2 Å². The number of aliphatic hydroxyl groups is 1. The lowest BCUT2D eigenvalue weighted by molar-refractivity contribution is 0.319. The van der Waals surface area contributed by atoms with E-state index in [9.17, 15) is 8.42 Å². The zero-order chi connectivity index (χ0) is 10.8. The molecule has 1 rings (SSSR count). The van der Waals surface area contributed by atoms with E-state index in [1.165, 1.54) is 18.2 Å². The Morgan fingerprint density at radius 2 is 1.93 bits per heavy atom. The molecule has 0 aromatic heterocycles. The summed E-state index contributed by atoms with van der Waals surface area (Å²) in [6, 6.07) is 4.19. The van der Waals surface area contributed by atoms with Crippen molar-refractivity contribution in [3.63, 3.8) is 0 Å². The molecule has 0 radical (unpaired) electrons. The van der Waals surface area contributed by atoms with Crippen LogP contribution in [0.2, 0.25) is 10.0 Å². The number of hydrogen-bond donors (Lipinski definition) is 1. The van der Waals surface area contributed by atoms with Crippen molar-refractivity contribution in [1.29, 1.82) is 0 Å². The number of halogens is 2. The maximum atomic E-state index is 11.5. The van der Waals surface area contributed by atoms with Crippen LogP contribution < -0.4 is 0 Å². The second kappa shape index (κ2) is 4.49. The predicted molar refractivity (Wildman–Crippen MR) is 55.6 cm³/mol. The van der Waals surface area contributed by atoms with Gasteiger partial charge in [-0.1, -0.05) is 23.2 Å². The van der Waals surface area contributed by atoms with E-state index in [4.69, 9.17) is 28.3 Å². The van der Waals surface area contributed by atoms with Crippen molar-refractivity contribution in [1.82, 2.24) is 0 Å². The van der Waals surface area contributed by atoms with E-state index in [0.29, 0.717) is 5.02 Å². The maximum Gasteiger partial charge on any atom is 0.182 e. The number of sulfone groups is 1. The van der Waals surface area contributed by atoms with E-state index in [1.54, 1.807) is 0 Å². The first-order valence-electron chi connectivity index (χ1n) is 3.76. The Morgan fingerprint density at radius 3 is 2.50 bits per heavy atom. The van der Waals surface area contributed by atoms with Crippen LogP contribution in [0.25, 0.3) is 0 Å². The van der Waals surface area contributed by atoms with Crippen LogP contribution in [0.15, 0.2) is 23.1 Å². The van der Waals surface area contributed by atoms with E-state index in [-0.39, 0.29) is 15.7 Å². The molecule has 0 spiro atoms. The topological polar surface area (TPSA) is 54.4 Å². The molecule has 1 N–H and O–H groups in total. The summed E-state index contributed by atoms with van der Waals surface area (Å²) in [4.78, 5) is -0.0410. The van der Waals surface area contributed by atoms with Gasteiger partial charge in [0, 0.05) is 5.02 Å². The molecule has 0 aliphatic rings. The van der Waals surface area contributed by atoms with Gasteiger partial charge in [-0.25, -0.2) is 8.42 Å². The Kier molecular flexibility index (Phi) is 3.78. The molecule has 1 aromatic carbocycles. The van der Waals surface area contributed by atoms with Crippen molar-refractivity contribution < 1.29 is 13.5 Å². The smallest absolute Gasteiger partial charge is 0.182 e. The standard InChI is InChI=1S/C8H8Cl2O3S/c9-6-1-2-7(10)8(5-6)14(12,13)4-3-11/h1-2,5,11H,3-4H2. The summed E-state index contributed by atoms with van der Waals surface area (Å²) in [5.74, 6) is -0.354. The van der Waals surface area contributed by atoms with Crippen LogP contribution in [-0.2, 0) is 9.84 Å². The minimum atomic E-state index is -3.53. The van der Waals surface area contributed by atoms with Gasteiger partial charge in [-0.2, -0.15) is 0 Å². The van der Waals surface area contributed by atoms with Gasteiger partial charge in [-0.3, -0.25) is 0 Å². The molecule has 14 heavy (non-hydrogen) atoms. The van der Waals surface area contributed by atoms with E-state index in [0.717, 1.165) is 0 Å². The van der Waals surface area contributed by atoms with Crippen LogP contribution in [0.5, 0.6) is 0 Å². The van der Waals surface area contributed by atoms with Crippen LogP contribution in [0.1, 0.15) is 0 Å². The summed E-state index contributed by atoms with van der Waals surface area (Å²) < 4.78 is 23.0. The molecule has 1 aromatic rings. The highest BCUT2D eigenvalue weighted by atomic mass is 35.5. The Bertz CT molecular complexity index is 428. The largest absolute Gasteiger partial charge is 0.395 e. The van der Waals surface area contributed by atoms with Crippen LogP contribution in [0, 0.1) is 0 Å². The zero-order valence-electron chi connectivity index (χ0n) is 7.07. The van der Waals surface area contributed by atoms with Crippen LogP contribution >= 0.6 is 23.2 Å². The van der Waals surface area contributed by atoms with Gasteiger partial charge in [-0.05, 0) is 18.2 Å². The molecule has 0 atom stereocenters. The van der Waals surface area contributed by atoms with Crippen molar-refractivity contribution in [2.24, 2.45) is 0 Å². The Morgan fingerprint density at radius 1 is 1.29 bits per heavy atom. The number of aliphatic hydroxyl groups excluding tert-OH is 1. The number of benzene rings is 1. The van der Waals surface area contributed by atoms with Crippen molar-refractivity contribution >= 4 is 33.0 Å². The third-order valence-electron chi connectivity index (χ3n) is 1.59. The highest BCUT2D eigenvalue weighted by Crippen LogP contribution is 2.25. The van der Waals surface area contributed by atoms with Gasteiger partial charge in [-0.15, -0.1) is 0 Å². The van der Waals surface area contributed by atoms with E-state index in [2.05, 4.69) is 0 Å². The van der Waals surface area contributed by atoms with Crippen molar-refractivity contribution in [3.8, 4) is 0 Å². The Balaban J connectivity index is 3.25. The zero-order valence-corrected chi connectivity index (χ0v) is 9.40. The predicted octanol–water partition coefficient (Wildman–Crippen LogP) is 1.76. The summed E-state index contributed by atoms with van der Waals surface area (Å²) in [5, 5.41) is 8.98. The third kappa shape index (κ3) is 2.60. The first kappa shape index (κ1) is 11.8. The summed E-state index contributed by atoms with van der Waals surface area (Å²) in [6.07, 6.45) is 0. The lowest BCUT2D eigenvalue weighted by Gasteiger charge is -2.04. The van der Waals surface area contributed by atoms with Gasteiger partial charge < -0.3 is 5.11 Å². The molecule has 3 nitrogen and oxygen atoms in total. The van der Waals surface area contributed by atoms with Gasteiger partial charge in [0.15, 0.2) is 9.84 Å². The summed E-state index contributed by atoms with van der Waals surface area (Å²) in [6.45, 7) is -0.439. The van der Waals surface area contributed by atoms with Crippen LogP contribution in [0.3, 0.4) is 0 Å². The molecule has 0 fully saturated rings. The van der Waals surface area contributed by atoms with Crippen LogP contribution in [0.4, 0.5) is 0 Å². The van der Waals surface area contributed by atoms with Gasteiger partial charge in [0.1, 0.15) is 0 Å². The Hall–Kier alpha value is -0.290. The van der Waals surface area contributed by atoms with E-state index in [1.807, 2.05) is 0 Å². The normalized spacial score (nSPS) is 11.6. The second-order valence-electron chi connectivity index (χ2n) is 2.62. The van der Waals surface area contributed by atoms with Gasteiger partial charge >= 0.3 is 0 Å². The van der Waals surface area contributed by atoms with Crippen LogP contribution in [-0.4, -0.2) is 25.9 Å². The molecular weight excluding hydrogens is 247 g/mol. The van der Waals surface area contributed by atoms with Crippen molar-refractivity contribution in [2.75, 3.05) is 12.4 Å². The SMILES string of the molecule is O=S(=O)(CCO)c1cc(Cl)ccc1Cl. The highest BCUT2D eigenvalue weighted by Gasteiger charge is 2.17. The maximum absolute atomic E-state index is 11.5. The van der Waals surface area contributed by atoms with Gasteiger partial charge in [0.25, 0.3) is 0 Å². The second-order valence-corrected chi connectivity index (χ2v) is 5.54. The molecule has 0 saturated heterocycles. The molecule has 0 aliphatic heterocycles.